The van der Waals surface area contributed by atoms with E-state index in [0.29, 0.717) is 5.56 Å². The zero-order valence-electron chi connectivity index (χ0n) is 80.7. The molecule has 21 aromatic rings. The van der Waals surface area contributed by atoms with Crippen LogP contribution in [0.5, 0.6) is 0 Å². The Hall–Kier alpha value is -13.4. The number of carbonyl (C=O) groups is 1. The Bertz CT molecular complexity index is 7860. The fourth-order valence-electron chi connectivity index (χ4n) is 20.3. The third kappa shape index (κ3) is 14.5. The summed E-state index contributed by atoms with van der Waals surface area (Å²) in [6.07, 6.45) is 0.928. The third-order valence-corrected chi connectivity index (χ3v) is 28.6. The Balaban J connectivity index is 0.741. The normalized spacial score (nSPS) is 13.2. The number of H-pyrrole nitrogens is 6. The molecular weight excluding hydrogens is 1590 g/mol. The van der Waals surface area contributed by atoms with Gasteiger partial charge in [0.05, 0.1) is 33.1 Å². The van der Waals surface area contributed by atoms with Crippen molar-refractivity contribution < 1.29 is 4.79 Å². The fraction of sp³-hybridized carbons (Fsp3) is 0.260. The van der Waals surface area contributed by atoms with Crippen LogP contribution in [0, 0.1) is 0 Å². The summed E-state index contributed by atoms with van der Waals surface area (Å²) in [5.74, 6) is 0. The second-order valence-electron chi connectivity index (χ2n) is 46.1. The minimum atomic E-state index is -0.162. The number of aldehydes is 1. The molecule has 0 saturated carbocycles. The van der Waals surface area contributed by atoms with Crippen LogP contribution in [0.15, 0.2) is 255 Å². The molecule has 131 heavy (non-hydrogen) atoms. The second-order valence-corrected chi connectivity index (χ2v) is 46.1. The lowest BCUT2D eigenvalue weighted by Gasteiger charge is -2.26. The summed E-state index contributed by atoms with van der Waals surface area (Å²) < 4.78 is 0. The fourth-order valence-corrected chi connectivity index (χ4v) is 20.3. The van der Waals surface area contributed by atoms with E-state index >= 15 is 0 Å². The predicted octanol–water partition coefficient (Wildman–Crippen LogP) is 35.2. The molecule has 6 aromatic heterocycles. The molecule has 0 aliphatic heterocycles. The van der Waals surface area contributed by atoms with Crippen molar-refractivity contribution in [3.8, 4) is 66.8 Å². The van der Waals surface area contributed by atoms with Crippen LogP contribution in [0.4, 0.5) is 17.1 Å². The highest BCUT2D eigenvalue weighted by Crippen LogP contribution is 2.51. The topological polar surface area (TPSA) is 115 Å². The van der Waals surface area contributed by atoms with E-state index in [1.165, 1.54) is 98.7 Å². The van der Waals surface area contributed by atoms with E-state index in [4.69, 9.17) is 0 Å². The summed E-state index contributed by atoms with van der Waals surface area (Å²) in [5, 5.41) is 14.5. The maximum atomic E-state index is 12.6. The lowest BCUT2D eigenvalue weighted by atomic mass is 9.83. The predicted molar refractivity (Wildman–Crippen MR) is 565 cm³/mol. The lowest BCUT2D eigenvalue weighted by Crippen LogP contribution is -2.11. The molecule has 6 N–H and O–H groups in total. The van der Waals surface area contributed by atoms with Gasteiger partial charge in [-0.05, 0) is 315 Å². The van der Waals surface area contributed by atoms with Crippen molar-refractivity contribution in [3.63, 3.8) is 0 Å². The third-order valence-electron chi connectivity index (χ3n) is 28.6. The van der Waals surface area contributed by atoms with Crippen LogP contribution in [0.1, 0.15) is 221 Å². The van der Waals surface area contributed by atoms with Crippen molar-refractivity contribution >= 4 is 154 Å². The van der Waals surface area contributed by atoms with Crippen molar-refractivity contribution in [2.45, 2.75) is 209 Å². The maximum absolute atomic E-state index is 12.6. The van der Waals surface area contributed by atoms with Gasteiger partial charge in [-0.25, -0.2) is 0 Å². The zero-order valence-corrected chi connectivity index (χ0v) is 80.7. The molecule has 0 aliphatic carbocycles. The van der Waals surface area contributed by atoms with Crippen LogP contribution in [0.25, 0.3) is 198 Å². The quantitative estimate of drug-likeness (QED) is 0.0766. The number of hydrogen-bond acceptors (Lipinski definition) is 2. The van der Waals surface area contributed by atoms with Crippen LogP contribution in [-0.2, 0) is 43.3 Å². The summed E-state index contributed by atoms with van der Waals surface area (Å²) in [5.41, 5.74) is 40.2. The van der Waals surface area contributed by atoms with Crippen LogP contribution in [0.3, 0.4) is 0 Å². The van der Waals surface area contributed by atoms with E-state index < -0.39 is 0 Å². The van der Waals surface area contributed by atoms with Crippen LogP contribution >= 0.6 is 0 Å². The van der Waals surface area contributed by atoms with E-state index in [9.17, 15) is 4.79 Å². The molecule has 0 radical (unpaired) electrons. The molecule has 0 bridgehead atoms. The monoisotopic (exact) mass is 1710 g/mol. The summed E-state index contributed by atoms with van der Waals surface area (Å²) in [6, 6.07) is 97.7. The molecule has 21 rings (SSSR count). The number of rotatable bonds is 10. The van der Waals surface area contributed by atoms with E-state index in [1.807, 2.05) is 12.1 Å². The van der Waals surface area contributed by atoms with Gasteiger partial charge in [-0.1, -0.05) is 227 Å². The van der Waals surface area contributed by atoms with Gasteiger partial charge in [0, 0.05) is 154 Å². The van der Waals surface area contributed by atoms with E-state index in [2.05, 4.69) is 444 Å². The smallest absolute Gasteiger partial charge is 0.150 e. The highest BCUT2D eigenvalue weighted by molar-refractivity contribution is 6.22. The molecule has 0 fully saturated rings. The zero-order chi connectivity index (χ0) is 91.9. The van der Waals surface area contributed by atoms with Crippen molar-refractivity contribution in [2.75, 3.05) is 4.90 Å². The number of aromatic amines is 6. The van der Waals surface area contributed by atoms with E-state index in [-0.39, 0.29) is 43.3 Å². The minimum Gasteiger partial charge on any atom is -0.354 e. The highest BCUT2D eigenvalue weighted by atomic mass is 16.1. The molecule has 8 heteroatoms. The van der Waals surface area contributed by atoms with Crippen molar-refractivity contribution in [2.24, 2.45) is 0 Å². The van der Waals surface area contributed by atoms with Gasteiger partial charge < -0.3 is 34.8 Å². The van der Waals surface area contributed by atoms with Gasteiger partial charge in [-0.15, -0.1) is 0 Å². The van der Waals surface area contributed by atoms with Gasteiger partial charge in [0.2, 0.25) is 0 Å². The average Bonchev–Trinajstić information content (AvgIpc) is 1.62. The lowest BCUT2D eigenvalue weighted by molar-refractivity contribution is 0.112. The standard InChI is InChI=1S/C123H121N7O/c1-116(2,3)75-33-45-106-94(55-75)100-63-79(120(13,14)15)59-88(112(100)126-106)71-31-43-104-92(49-71)98-53-73(90-61-81(122(19,20)21)65-102-96-57-77(118(7,8)9)35-47-108(96)128-114(90)102)51-86(110(98)124-104)69-27-39-84(40-28-69)130(83-37-25-68(67-131)26-38-83)85-41-29-70(30-42-85)87-52-74(91-62-82(123(22,23)24)66-103-97-58-78(119(10,11)12)36-48-109(97)129-115(91)103)54-99-93-50-72(32-44-105(93)125-111(87)99)89-60-80(121(16,17)18)64-101-95-56-76(117(4,5)6)34-46-107(95)127-113(89)101/h25-67,124-129H,1-24H3. The second kappa shape index (κ2) is 29.3. The molecule has 6 heterocycles. The van der Waals surface area contributed by atoms with Gasteiger partial charge in [0.15, 0.2) is 0 Å². The number of aromatic nitrogens is 6. The van der Waals surface area contributed by atoms with Crippen LogP contribution in [0.2, 0.25) is 0 Å². The first-order valence-electron chi connectivity index (χ1n) is 47.0. The first-order chi connectivity index (χ1) is 61.8. The molecular formula is C123H121N7O. The number of nitrogens with zero attached hydrogens (tertiary/aromatic N) is 1. The Morgan fingerprint density at radius 3 is 0.618 bits per heavy atom. The van der Waals surface area contributed by atoms with Gasteiger partial charge >= 0.3 is 0 Å². The molecule has 654 valence electrons. The average molecular weight is 1710 g/mol. The molecule has 0 aliphatic rings. The number of fused-ring (bicyclic) bond motifs is 18. The number of hydrogen-bond donors (Lipinski definition) is 6. The molecule has 15 aromatic carbocycles. The number of anilines is 3. The van der Waals surface area contributed by atoms with E-state index in [1.54, 1.807) is 0 Å². The summed E-state index contributed by atoms with van der Waals surface area (Å²) in [7, 11) is 0. The maximum Gasteiger partial charge on any atom is 0.150 e. The summed E-state index contributed by atoms with van der Waals surface area (Å²) in [4.78, 5) is 39.0. The van der Waals surface area contributed by atoms with Gasteiger partial charge in [0.25, 0.3) is 0 Å². The van der Waals surface area contributed by atoms with Crippen molar-refractivity contribution in [1.82, 2.24) is 29.9 Å². The van der Waals surface area contributed by atoms with Crippen molar-refractivity contribution in [1.29, 1.82) is 0 Å². The Labute approximate surface area is 769 Å². The molecule has 0 saturated heterocycles. The number of carbonyl (C=O) groups excluding carboxylic acids is 1. The molecule has 8 nitrogen and oxygen atoms in total. The Kier molecular flexibility index (Phi) is 18.9. The molecule has 0 unspecified atom stereocenters. The summed E-state index contributed by atoms with van der Waals surface area (Å²) in [6.45, 7) is 55.7. The Morgan fingerprint density at radius 2 is 0.374 bits per heavy atom. The highest BCUT2D eigenvalue weighted by Gasteiger charge is 2.31. The largest absolute Gasteiger partial charge is 0.354 e. The Morgan fingerprint density at radius 1 is 0.183 bits per heavy atom. The number of benzene rings is 15. The molecule has 0 atom stereocenters. The van der Waals surface area contributed by atoms with Gasteiger partial charge in [-0.2, -0.15) is 0 Å². The van der Waals surface area contributed by atoms with E-state index in [0.717, 1.165) is 167 Å². The minimum absolute atomic E-state index is 0.00925. The SMILES string of the molecule is CC(C)(C)c1ccc2[nH]c3c(-c4ccc5[nH]c6c(-c7ccc(N(c8ccc(C=O)cc8)c8ccc(-c9cc(-c%10cc(C(C)(C)C)cc%11c%10[nH]c%10ccc(C(C)(C)C)cc%10%11)cc%10c9[nH]c9ccc(-c%11cc(C(C)(C)C)cc%12c%11[nH]c%11ccc(C(C)(C)C)cc%11%12)cc9%10)cc8)cc7)cc(-c7cc(C(C)(C)C)cc8c7[nH]c7ccc(C(C)(C)C)cc78)cc6c5c4)cc(C(C)(C)C)cc3c2c1. The summed E-state index contributed by atoms with van der Waals surface area (Å²) >= 11 is 0. The first-order valence-corrected chi connectivity index (χ1v) is 47.0. The molecule has 0 amide bonds. The van der Waals surface area contributed by atoms with Crippen molar-refractivity contribution in [3.05, 3.63) is 305 Å². The van der Waals surface area contributed by atoms with Crippen LogP contribution < -0.4 is 4.90 Å². The van der Waals surface area contributed by atoms with Gasteiger partial charge in [-0.3, -0.25) is 4.79 Å². The number of nitrogens with one attached hydrogen (secondary N) is 6. The first kappa shape index (κ1) is 84.4. The molecule has 0 spiro atoms. The van der Waals surface area contributed by atoms with Crippen LogP contribution in [-0.4, -0.2) is 36.2 Å². The van der Waals surface area contributed by atoms with Gasteiger partial charge in [0.1, 0.15) is 6.29 Å².